The summed E-state index contributed by atoms with van der Waals surface area (Å²) in [5, 5.41) is 5.82. The third-order valence-corrected chi connectivity index (χ3v) is 5.95. The number of carbonyl (C=O) groups excluding carboxylic acids is 2. The Hall–Kier alpha value is -3.72. The van der Waals surface area contributed by atoms with Gasteiger partial charge in [-0.05, 0) is 44.2 Å². The Bertz CT molecular complexity index is 1140. The number of hydrogen-bond acceptors (Lipinski definition) is 7. The standard InChI is InChI=1S/C25H30N6O3/c1-4-31-23-18(25(33)30(3)21-8-6-11-27-24(21)31)13-17(14-28-23)10-12-34-22-9-5-7-20(29-16-32)19(22)15-26-2/h5,7-9,13-14,16,26H,4,6,10-12,15H2,1-3H3,(H,29,32). The lowest BCUT2D eigenvalue weighted by Gasteiger charge is -2.27. The number of likely N-dealkylation sites (N-methyl/N-ethyl adjacent to an activating group) is 2. The van der Waals surface area contributed by atoms with Crippen LogP contribution in [0.4, 0.5) is 11.5 Å². The van der Waals surface area contributed by atoms with E-state index < -0.39 is 0 Å². The van der Waals surface area contributed by atoms with Crippen LogP contribution in [0, 0.1) is 0 Å². The fourth-order valence-corrected chi connectivity index (χ4v) is 4.29. The molecule has 1 aromatic carbocycles. The first-order chi connectivity index (χ1) is 16.6. The Morgan fingerprint density at radius 2 is 2.15 bits per heavy atom. The summed E-state index contributed by atoms with van der Waals surface area (Å²) in [5.74, 6) is 2.04. The molecule has 178 valence electrons. The van der Waals surface area contributed by atoms with Crippen LogP contribution in [0.5, 0.6) is 5.75 Å². The number of rotatable bonds is 9. The minimum atomic E-state index is -0.0917. The molecule has 0 radical (unpaired) electrons. The van der Waals surface area contributed by atoms with Crippen molar-refractivity contribution in [2.75, 3.05) is 44.0 Å². The van der Waals surface area contributed by atoms with Gasteiger partial charge in [0, 0.05) is 50.6 Å². The van der Waals surface area contributed by atoms with Crippen molar-refractivity contribution in [3.63, 3.8) is 0 Å². The molecule has 2 aliphatic heterocycles. The Morgan fingerprint density at radius 1 is 1.29 bits per heavy atom. The summed E-state index contributed by atoms with van der Waals surface area (Å²) in [6, 6.07) is 7.47. The van der Waals surface area contributed by atoms with Crippen molar-refractivity contribution in [1.29, 1.82) is 0 Å². The van der Waals surface area contributed by atoms with Gasteiger partial charge in [-0.3, -0.25) is 14.6 Å². The SMILES string of the molecule is CCN1C2=NCCC=C2N(C)C(=O)c2cc(CCOc3cccc(NC=O)c3CNC)cnc21. The quantitative estimate of drug-likeness (QED) is 0.556. The number of hydrogen-bond donors (Lipinski definition) is 2. The van der Waals surface area contributed by atoms with Crippen LogP contribution in [0.15, 0.2) is 47.2 Å². The normalized spacial score (nSPS) is 15.1. The fraction of sp³-hybridized carbons (Fsp3) is 0.360. The van der Waals surface area contributed by atoms with E-state index in [0.717, 1.165) is 29.1 Å². The van der Waals surface area contributed by atoms with E-state index >= 15 is 0 Å². The number of amidine groups is 1. The van der Waals surface area contributed by atoms with Crippen LogP contribution in [0.3, 0.4) is 0 Å². The molecule has 2 aliphatic rings. The number of fused-ring (bicyclic) bond motifs is 2. The van der Waals surface area contributed by atoms with Gasteiger partial charge in [-0.2, -0.15) is 0 Å². The maximum Gasteiger partial charge on any atom is 0.261 e. The maximum absolute atomic E-state index is 13.3. The molecule has 1 aromatic heterocycles. The third-order valence-electron chi connectivity index (χ3n) is 5.95. The summed E-state index contributed by atoms with van der Waals surface area (Å²) in [5.41, 5.74) is 3.90. The first kappa shape index (κ1) is 23.4. The molecule has 0 fully saturated rings. The molecular formula is C25H30N6O3. The van der Waals surface area contributed by atoms with E-state index in [9.17, 15) is 9.59 Å². The van der Waals surface area contributed by atoms with Gasteiger partial charge in [-0.1, -0.05) is 12.1 Å². The van der Waals surface area contributed by atoms with Crippen molar-refractivity contribution in [1.82, 2.24) is 15.2 Å². The van der Waals surface area contributed by atoms with Crippen LogP contribution in [0.1, 0.15) is 34.8 Å². The molecule has 9 nitrogen and oxygen atoms in total. The van der Waals surface area contributed by atoms with Gasteiger partial charge in [0.2, 0.25) is 6.41 Å². The molecule has 0 bridgehead atoms. The van der Waals surface area contributed by atoms with Crippen molar-refractivity contribution in [2.24, 2.45) is 4.99 Å². The smallest absolute Gasteiger partial charge is 0.261 e. The van der Waals surface area contributed by atoms with Gasteiger partial charge in [-0.15, -0.1) is 0 Å². The largest absolute Gasteiger partial charge is 0.493 e. The first-order valence-corrected chi connectivity index (χ1v) is 11.5. The fourth-order valence-electron chi connectivity index (χ4n) is 4.29. The molecule has 4 rings (SSSR count). The zero-order chi connectivity index (χ0) is 24.1. The summed E-state index contributed by atoms with van der Waals surface area (Å²) in [6.45, 7) is 4.37. The highest BCUT2D eigenvalue weighted by molar-refractivity contribution is 6.17. The minimum Gasteiger partial charge on any atom is -0.493 e. The predicted octanol–water partition coefficient (Wildman–Crippen LogP) is 2.59. The number of benzene rings is 1. The van der Waals surface area contributed by atoms with Crippen LogP contribution < -0.4 is 20.3 Å². The monoisotopic (exact) mass is 462 g/mol. The second-order valence-electron chi connectivity index (χ2n) is 8.08. The van der Waals surface area contributed by atoms with Gasteiger partial charge in [0.1, 0.15) is 11.6 Å². The summed E-state index contributed by atoms with van der Waals surface area (Å²) in [6.07, 6.45) is 5.93. The second-order valence-corrected chi connectivity index (χ2v) is 8.08. The van der Waals surface area contributed by atoms with Gasteiger partial charge in [0.25, 0.3) is 5.91 Å². The van der Waals surface area contributed by atoms with Crippen molar-refractivity contribution < 1.29 is 14.3 Å². The highest BCUT2D eigenvalue weighted by Crippen LogP contribution is 2.30. The van der Waals surface area contributed by atoms with E-state index in [1.807, 2.05) is 43.1 Å². The molecule has 34 heavy (non-hydrogen) atoms. The van der Waals surface area contributed by atoms with E-state index in [-0.39, 0.29) is 5.91 Å². The average molecular weight is 463 g/mol. The third kappa shape index (κ3) is 4.51. The van der Waals surface area contributed by atoms with Crippen molar-refractivity contribution in [3.8, 4) is 5.75 Å². The number of nitrogens with zero attached hydrogens (tertiary/aromatic N) is 4. The van der Waals surface area contributed by atoms with Gasteiger partial charge in [0.05, 0.1) is 17.9 Å². The summed E-state index contributed by atoms with van der Waals surface area (Å²) >= 11 is 0. The molecule has 0 saturated carbocycles. The van der Waals surface area contributed by atoms with Gasteiger partial charge >= 0.3 is 0 Å². The summed E-state index contributed by atoms with van der Waals surface area (Å²) in [4.78, 5) is 37.3. The van der Waals surface area contributed by atoms with Crippen LogP contribution in [0.25, 0.3) is 0 Å². The molecule has 0 aliphatic carbocycles. The lowest BCUT2D eigenvalue weighted by Crippen LogP contribution is -2.37. The van der Waals surface area contributed by atoms with Crippen molar-refractivity contribution >= 4 is 29.7 Å². The second kappa shape index (κ2) is 10.5. The van der Waals surface area contributed by atoms with Crippen molar-refractivity contribution in [3.05, 3.63) is 58.9 Å². The molecule has 3 heterocycles. The van der Waals surface area contributed by atoms with Gasteiger partial charge < -0.3 is 25.2 Å². The number of amides is 2. The number of pyridine rings is 1. The lowest BCUT2D eigenvalue weighted by atomic mass is 10.1. The minimum absolute atomic E-state index is 0.0917. The molecule has 0 spiro atoms. The van der Waals surface area contributed by atoms with E-state index in [0.29, 0.717) is 61.9 Å². The van der Waals surface area contributed by atoms with Crippen LogP contribution >= 0.6 is 0 Å². The molecule has 2 amide bonds. The van der Waals surface area contributed by atoms with E-state index in [1.165, 1.54) is 0 Å². The Morgan fingerprint density at radius 3 is 2.91 bits per heavy atom. The van der Waals surface area contributed by atoms with Gasteiger partial charge in [-0.25, -0.2) is 4.98 Å². The molecule has 2 N–H and O–H groups in total. The number of aromatic nitrogens is 1. The molecular weight excluding hydrogens is 432 g/mol. The molecule has 0 atom stereocenters. The molecule has 0 unspecified atom stereocenters. The number of carbonyl (C=O) groups is 2. The number of nitrogens with one attached hydrogen (secondary N) is 2. The van der Waals surface area contributed by atoms with E-state index in [4.69, 9.17) is 4.74 Å². The maximum atomic E-state index is 13.3. The summed E-state index contributed by atoms with van der Waals surface area (Å²) < 4.78 is 6.06. The molecule has 9 heteroatoms. The zero-order valence-electron chi connectivity index (χ0n) is 19.8. The van der Waals surface area contributed by atoms with Crippen LogP contribution in [-0.2, 0) is 17.8 Å². The first-order valence-electron chi connectivity index (χ1n) is 11.5. The lowest BCUT2D eigenvalue weighted by molar-refractivity contribution is -0.105. The highest BCUT2D eigenvalue weighted by atomic mass is 16.5. The molecule has 0 saturated heterocycles. The van der Waals surface area contributed by atoms with E-state index in [2.05, 4.69) is 26.7 Å². The Labute approximate surface area is 199 Å². The zero-order valence-corrected chi connectivity index (χ0v) is 19.8. The van der Waals surface area contributed by atoms with Crippen LogP contribution in [-0.4, -0.2) is 61.8 Å². The molecule has 2 aromatic rings. The highest BCUT2D eigenvalue weighted by Gasteiger charge is 2.33. The number of ether oxygens (including phenoxy) is 1. The Balaban J connectivity index is 1.55. The van der Waals surface area contributed by atoms with Crippen LogP contribution in [0.2, 0.25) is 0 Å². The average Bonchev–Trinajstić information content (AvgIpc) is 2.94. The predicted molar refractivity (Wildman–Crippen MR) is 132 cm³/mol. The Kier molecular flexibility index (Phi) is 7.22. The van der Waals surface area contributed by atoms with Crippen molar-refractivity contribution in [2.45, 2.75) is 26.3 Å². The van der Waals surface area contributed by atoms with Gasteiger partial charge in [0.15, 0.2) is 5.84 Å². The number of anilines is 2. The summed E-state index contributed by atoms with van der Waals surface area (Å²) in [7, 11) is 3.63. The van der Waals surface area contributed by atoms with E-state index in [1.54, 1.807) is 18.1 Å². The topological polar surface area (TPSA) is 99.2 Å². The number of aliphatic imine (C=N–C) groups is 1. The number of dihydropyridines is 1.